The summed E-state index contributed by atoms with van der Waals surface area (Å²) < 4.78 is 4.94. The van der Waals surface area contributed by atoms with Gasteiger partial charge >= 0.3 is 5.97 Å². The van der Waals surface area contributed by atoms with Crippen LogP contribution in [0.15, 0.2) is 0 Å². The number of ether oxygens (including phenoxy) is 1. The number of hydrogen-bond acceptors (Lipinski definition) is 3. The fraction of sp³-hybridized carbons (Fsp3) is 0.867. The molecule has 0 heterocycles. The smallest absolute Gasteiger partial charge is 0.308 e. The first kappa shape index (κ1) is 13.6. The van der Waals surface area contributed by atoms with Gasteiger partial charge in [-0.1, -0.05) is 19.8 Å². The molecule has 3 nitrogen and oxygen atoms in total. The maximum Gasteiger partial charge on any atom is 0.308 e. The summed E-state index contributed by atoms with van der Waals surface area (Å²) in [6, 6.07) is 0. The van der Waals surface area contributed by atoms with Crippen LogP contribution in [0.25, 0.3) is 0 Å². The number of fused-ring (bicyclic) bond motifs is 1. The number of ketones is 1. The molecule has 0 aromatic heterocycles. The summed E-state index contributed by atoms with van der Waals surface area (Å²) >= 11 is 0. The lowest BCUT2D eigenvalue weighted by atomic mass is 9.65. The molecule has 4 atom stereocenters. The highest BCUT2D eigenvalue weighted by molar-refractivity contribution is 5.82. The summed E-state index contributed by atoms with van der Waals surface area (Å²) in [5.74, 6) is 1.24. The van der Waals surface area contributed by atoms with Gasteiger partial charge in [-0.15, -0.1) is 0 Å². The van der Waals surface area contributed by atoms with Crippen molar-refractivity contribution in [2.24, 2.45) is 23.7 Å². The Hall–Kier alpha value is -0.860. The lowest BCUT2D eigenvalue weighted by molar-refractivity contribution is -0.150. The van der Waals surface area contributed by atoms with Crippen molar-refractivity contribution in [3.63, 3.8) is 0 Å². The average molecular weight is 252 g/mol. The molecule has 0 spiro atoms. The van der Waals surface area contributed by atoms with E-state index in [1.807, 2.05) is 0 Å². The minimum atomic E-state index is -0.0822. The molecule has 0 aliphatic heterocycles. The Kier molecular flexibility index (Phi) is 4.41. The molecule has 2 rings (SSSR count). The van der Waals surface area contributed by atoms with Crippen LogP contribution < -0.4 is 0 Å². The third-order valence-electron chi connectivity index (χ3n) is 4.99. The van der Waals surface area contributed by atoms with Crippen molar-refractivity contribution in [1.82, 2.24) is 0 Å². The second-order valence-electron chi connectivity index (χ2n) is 5.90. The van der Waals surface area contributed by atoms with Crippen molar-refractivity contribution in [3.8, 4) is 0 Å². The van der Waals surface area contributed by atoms with Crippen LogP contribution in [0.3, 0.4) is 0 Å². The third kappa shape index (κ3) is 2.60. The van der Waals surface area contributed by atoms with Gasteiger partial charge in [-0.3, -0.25) is 9.59 Å². The number of rotatable bonds is 1. The monoisotopic (exact) mass is 252 g/mol. The summed E-state index contributed by atoms with van der Waals surface area (Å²) in [5.41, 5.74) is 0. The Morgan fingerprint density at radius 2 is 1.89 bits per heavy atom. The quantitative estimate of drug-likeness (QED) is 0.674. The Balaban J connectivity index is 2.18. The molecule has 0 unspecified atom stereocenters. The molecule has 0 N–H and O–H groups in total. The van der Waals surface area contributed by atoms with Crippen LogP contribution in [0.1, 0.15) is 51.9 Å². The molecule has 0 amide bonds. The van der Waals surface area contributed by atoms with E-state index < -0.39 is 0 Å². The van der Waals surface area contributed by atoms with Crippen LogP contribution >= 0.6 is 0 Å². The van der Waals surface area contributed by atoms with Gasteiger partial charge in [0.05, 0.1) is 13.0 Å². The molecule has 102 valence electrons. The first-order valence-corrected chi connectivity index (χ1v) is 7.25. The Morgan fingerprint density at radius 3 is 2.61 bits per heavy atom. The van der Waals surface area contributed by atoms with E-state index >= 15 is 0 Å². The highest BCUT2D eigenvalue weighted by Gasteiger charge is 2.40. The predicted octanol–water partition coefficient (Wildman–Crippen LogP) is 2.97. The van der Waals surface area contributed by atoms with E-state index in [1.54, 1.807) is 0 Å². The number of methoxy groups -OCH3 is 1. The van der Waals surface area contributed by atoms with Gasteiger partial charge < -0.3 is 4.74 Å². The topological polar surface area (TPSA) is 43.4 Å². The molecule has 18 heavy (non-hydrogen) atoms. The van der Waals surface area contributed by atoms with E-state index in [4.69, 9.17) is 4.74 Å². The predicted molar refractivity (Wildman–Crippen MR) is 69.0 cm³/mol. The van der Waals surface area contributed by atoms with Crippen molar-refractivity contribution in [2.45, 2.75) is 51.9 Å². The first-order chi connectivity index (χ1) is 8.65. The fourth-order valence-electron chi connectivity index (χ4n) is 3.92. The van der Waals surface area contributed by atoms with E-state index in [1.165, 1.54) is 20.0 Å². The van der Waals surface area contributed by atoms with Crippen LogP contribution in [-0.4, -0.2) is 18.9 Å². The maximum atomic E-state index is 12.2. The molecule has 3 heteroatoms. The van der Waals surface area contributed by atoms with Gasteiger partial charge in [0.25, 0.3) is 0 Å². The normalized spacial score (nSPS) is 37.3. The molecule has 2 saturated carbocycles. The van der Waals surface area contributed by atoms with Crippen LogP contribution in [0.5, 0.6) is 0 Å². The van der Waals surface area contributed by atoms with E-state index in [2.05, 4.69) is 6.92 Å². The van der Waals surface area contributed by atoms with Crippen LogP contribution in [0.2, 0.25) is 0 Å². The number of Topliss-reactive ketones (excluding diaryl/α,β-unsaturated/α-hetero) is 1. The maximum absolute atomic E-state index is 12.2. The largest absolute Gasteiger partial charge is 0.469 e. The van der Waals surface area contributed by atoms with Gasteiger partial charge in [-0.05, 0) is 37.5 Å². The van der Waals surface area contributed by atoms with Crippen molar-refractivity contribution in [1.29, 1.82) is 0 Å². The van der Waals surface area contributed by atoms with Gasteiger partial charge in [0.2, 0.25) is 0 Å². The van der Waals surface area contributed by atoms with Crippen LogP contribution in [-0.2, 0) is 14.3 Å². The molecule has 0 saturated heterocycles. The minimum Gasteiger partial charge on any atom is -0.469 e. The molecule has 2 fully saturated rings. The van der Waals surface area contributed by atoms with Gasteiger partial charge in [0.15, 0.2) is 0 Å². The molecule has 0 aromatic rings. The number of hydrogen-bond donors (Lipinski definition) is 0. The summed E-state index contributed by atoms with van der Waals surface area (Å²) in [7, 11) is 1.47. The molecular formula is C15H24O3. The third-order valence-corrected chi connectivity index (χ3v) is 4.99. The van der Waals surface area contributed by atoms with Gasteiger partial charge in [0.1, 0.15) is 5.78 Å². The molecule has 0 radical (unpaired) electrons. The summed E-state index contributed by atoms with van der Waals surface area (Å²) in [6.45, 7) is 2.14. The van der Waals surface area contributed by atoms with Crippen LogP contribution in [0.4, 0.5) is 0 Å². The van der Waals surface area contributed by atoms with Gasteiger partial charge in [-0.25, -0.2) is 0 Å². The zero-order valence-electron chi connectivity index (χ0n) is 11.5. The van der Waals surface area contributed by atoms with Crippen molar-refractivity contribution in [2.75, 3.05) is 7.11 Å². The molecule has 2 aliphatic rings. The lowest BCUT2D eigenvalue weighted by Gasteiger charge is -2.39. The second kappa shape index (κ2) is 5.85. The van der Waals surface area contributed by atoms with E-state index in [0.717, 1.165) is 25.7 Å². The molecule has 2 aliphatic carbocycles. The molecule has 0 bridgehead atoms. The van der Waals surface area contributed by atoms with Crippen molar-refractivity contribution >= 4 is 11.8 Å². The average Bonchev–Trinajstić information content (AvgIpc) is 2.40. The molecular weight excluding hydrogens is 228 g/mol. The van der Waals surface area contributed by atoms with Crippen LogP contribution in [0, 0.1) is 23.7 Å². The summed E-state index contributed by atoms with van der Waals surface area (Å²) in [5, 5.41) is 0. The first-order valence-electron chi connectivity index (χ1n) is 7.25. The molecule has 0 aromatic carbocycles. The summed E-state index contributed by atoms with van der Waals surface area (Å²) in [6.07, 6.45) is 6.80. The summed E-state index contributed by atoms with van der Waals surface area (Å²) in [4.78, 5) is 24.1. The number of carbonyl (C=O) groups excluding carboxylic acids is 2. The zero-order chi connectivity index (χ0) is 13.1. The highest BCUT2D eigenvalue weighted by atomic mass is 16.5. The van der Waals surface area contributed by atoms with Crippen molar-refractivity contribution in [3.05, 3.63) is 0 Å². The highest BCUT2D eigenvalue weighted by Crippen LogP contribution is 2.42. The minimum absolute atomic E-state index is 0.00583. The Bertz CT molecular complexity index is 324. The van der Waals surface area contributed by atoms with E-state index in [-0.39, 0.29) is 23.7 Å². The van der Waals surface area contributed by atoms with E-state index in [9.17, 15) is 9.59 Å². The Labute approximate surface area is 109 Å². The zero-order valence-corrected chi connectivity index (χ0v) is 11.5. The van der Waals surface area contributed by atoms with Gasteiger partial charge in [-0.2, -0.15) is 0 Å². The SMILES string of the molecule is COC(=O)[C@H]1CCCC(=O)[C@H]2CCCC[C@H]2[C@@H]1C. The van der Waals surface area contributed by atoms with Crippen molar-refractivity contribution < 1.29 is 14.3 Å². The lowest BCUT2D eigenvalue weighted by Crippen LogP contribution is -2.39. The standard InChI is InChI=1S/C15H24O3/c1-10-11-6-3-4-7-13(11)14(16)9-5-8-12(10)15(17)18-2/h10-13H,3-9H2,1-2H3/t10-,11-,12-,13-/m0/s1. The van der Waals surface area contributed by atoms with E-state index in [0.29, 0.717) is 18.1 Å². The number of carbonyl (C=O) groups is 2. The van der Waals surface area contributed by atoms with Gasteiger partial charge in [0, 0.05) is 12.3 Å². The second-order valence-corrected chi connectivity index (χ2v) is 5.90. The fourth-order valence-corrected chi connectivity index (χ4v) is 3.92. The number of esters is 1. The Morgan fingerprint density at radius 1 is 1.17 bits per heavy atom.